The van der Waals surface area contributed by atoms with Gasteiger partial charge in [-0.3, -0.25) is 9.78 Å². The van der Waals surface area contributed by atoms with Gasteiger partial charge in [-0.05, 0) is 18.9 Å². The van der Waals surface area contributed by atoms with E-state index in [1.807, 2.05) is 18.7 Å². The summed E-state index contributed by atoms with van der Waals surface area (Å²) in [5.74, 6) is 0.639. The number of carbonyl (C=O) groups is 2. The first-order valence-electron chi connectivity index (χ1n) is 9.74. The van der Waals surface area contributed by atoms with E-state index in [1.54, 1.807) is 11.7 Å². The highest BCUT2D eigenvalue weighted by molar-refractivity contribution is 7.11. The van der Waals surface area contributed by atoms with Crippen LogP contribution in [0.2, 0.25) is 0 Å². The van der Waals surface area contributed by atoms with E-state index in [4.69, 9.17) is 0 Å². The first-order chi connectivity index (χ1) is 12.8. The molecule has 6 nitrogen and oxygen atoms in total. The van der Waals surface area contributed by atoms with Crippen LogP contribution in [-0.2, 0) is 4.79 Å². The summed E-state index contributed by atoms with van der Waals surface area (Å²) in [5, 5.41) is 9.52. The van der Waals surface area contributed by atoms with Crippen molar-refractivity contribution in [2.75, 3.05) is 39.8 Å². The zero-order chi connectivity index (χ0) is 20.2. The first kappa shape index (κ1) is 22.0. The molecule has 2 aliphatic heterocycles. The molecule has 1 aliphatic carbocycles. The molecule has 1 aromatic heterocycles. The van der Waals surface area contributed by atoms with Crippen LogP contribution in [0.5, 0.6) is 0 Å². The van der Waals surface area contributed by atoms with E-state index in [2.05, 4.69) is 30.8 Å². The predicted molar refractivity (Wildman–Crippen MR) is 108 cm³/mol. The van der Waals surface area contributed by atoms with Crippen molar-refractivity contribution >= 4 is 23.5 Å². The fraction of sp³-hybridized carbons (Fsp3) is 0.750. The Kier molecular flexibility index (Phi) is 7.16. The molecule has 1 spiro atoms. The minimum absolute atomic E-state index is 0.0578. The van der Waals surface area contributed by atoms with E-state index in [-0.39, 0.29) is 23.8 Å². The highest BCUT2D eigenvalue weighted by Gasteiger charge is 2.53. The second kappa shape index (κ2) is 8.80. The van der Waals surface area contributed by atoms with Crippen LogP contribution in [0.1, 0.15) is 43.8 Å². The monoisotopic (exact) mass is 395 g/mol. The Morgan fingerprint density at radius 1 is 1.37 bits per heavy atom. The second-order valence-corrected chi connectivity index (χ2v) is 9.29. The molecule has 0 bridgehead atoms. The summed E-state index contributed by atoms with van der Waals surface area (Å²) >= 11 is 1.38. The number of carbonyl (C=O) groups excluding carboxylic acids is 2. The van der Waals surface area contributed by atoms with Gasteiger partial charge in [-0.1, -0.05) is 27.7 Å². The molecule has 27 heavy (non-hydrogen) atoms. The number of aliphatic hydroxyl groups is 1. The fourth-order valence-electron chi connectivity index (χ4n) is 4.04. The number of hydrogen-bond acceptors (Lipinski definition) is 6. The van der Waals surface area contributed by atoms with Crippen LogP contribution in [0.25, 0.3) is 0 Å². The summed E-state index contributed by atoms with van der Waals surface area (Å²) in [6.07, 6.45) is 3.77. The van der Waals surface area contributed by atoms with Crippen molar-refractivity contribution in [2.45, 2.75) is 34.1 Å². The first-order valence-corrected chi connectivity index (χ1v) is 10.6. The number of aliphatic hydroxyl groups excluding tert-OH is 1. The standard InChI is InChI=1S/C12H17N3O2S.C6H10O.C2H6/c1-14-5-12(6-14)7-15(3-9(12)4-16)11(17)10-2-13-8-18-10;1-6(2)3-5(6)4-7;1-2/h2,8-9,16H,3-7H2,1H3;4-5H,3H2,1-2H3;1-2H3. The van der Waals surface area contributed by atoms with Gasteiger partial charge < -0.3 is 19.7 Å². The van der Waals surface area contributed by atoms with Crippen LogP contribution in [-0.4, -0.2) is 71.9 Å². The number of aromatic nitrogens is 1. The van der Waals surface area contributed by atoms with Crippen molar-refractivity contribution in [3.8, 4) is 0 Å². The molecule has 2 atom stereocenters. The number of amides is 1. The molecule has 1 saturated carbocycles. The summed E-state index contributed by atoms with van der Waals surface area (Å²) in [6, 6.07) is 0. The zero-order valence-electron chi connectivity index (χ0n) is 17.1. The van der Waals surface area contributed by atoms with Crippen molar-refractivity contribution in [2.24, 2.45) is 22.7 Å². The summed E-state index contributed by atoms with van der Waals surface area (Å²) in [4.78, 5) is 31.0. The number of aldehydes is 1. The molecular formula is C20H33N3O3S. The van der Waals surface area contributed by atoms with Crippen molar-refractivity contribution in [1.82, 2.24) is 14.8 Å². The zero-order valence-corrected chi connectivity index (χ0v) is 18.0. The molecule has 1 aromatic rings. The average molecular weight is 396 g/mol. The van der Waals surface area contributed by atoms with Crippen molar-refractivity contribution in [3.05, 3.63) is 16.6 Å². The highest BCUT2D eigenvalue weighted by Crippen LogP contribution is 2.49. The SMILES string of the molecule is CC.CC1(C)CC1C=O.CN1CC2(C1)CN(C(=O)c1cncs1)CC2CO. The molecule has 3 heterocycles. The van der Waals surface area contributed by atoms with Gasteiger partial charge in [0.15, 0.2) is 0 Å². The Hall–Kier alpha value is -1.31. The van der Waals surface area contributed by atoms with E-state index in [0.717, 1.165) is 32.3 Å². The summed E-state index contributed by atoms with van der Waals surface area (Å²) in [5.41, 5.74) is 2.14. The predicted octanol–water partition coefficient (Wildman–Crippen LogP) is 2.40. The lowest BCUT2D eigenvalue weighted by Gasteiger charge is -2.49. The summed E-state index contributed by atoms with van der Waals surface area (Å²) in [6.45, 7) is 11.8. The third-order valence-electron chi connectivity index (χ3n) is 5.89. The lowest BCUT2D eigenvalue weighted by molar-refractivity contribution is -0.109. The van der Waals surface area contributed by atoms with Crippen LogP contribution in [0.3, 0.4) is 0 Å². The number of hydrogen-bond donors (Lipinski definition) is 1. The fourth-order valence-corrected chi connectivity index (χ4v) is 4.63. The summed E-state index contributed by atoms with van der Waals surface area (Å²) < 4.78 is 0. The van der Waals surface area contributed by atoms with E-state index >= 15 is 0 Å². The Bertz CT molecular complexity index is 626. The Morgan fingerprint density at radius 2 is 2.00 bits per heavy atom. The quantitative estimate of drug-likeness (QED) is 0.796. The summed E-state index contributed by atoms with van der Waals surface area (Å²) in [7, 11) is 2.08. The lowest BCUT2D eigenvalue weighted by Crippen LogP contribution is -2.59. The second-order valence-electron chi connectivity index (χ2n) is 8.40. The average Bonchev–Trinajstić information content (AvgIpc) is 3.06. The van der Waals surface area contributed by atoms with Gasteiger partial charge in [-0.2, -0.15) is 0 Å². The topological polar surface area (TPSA) is 73.7 Å². The Balaban J connectivity index is 0.000000244. The minimum Gasteiger partial charge on any atom is -0.396 e. The van der Waals surface area contributed by atoms with E-state index in [0.29, 0.717) is 22.8 Å². The molecule has 2 unspecified atom stereocenters. The van der Waals surface area contributed by atoms with Gasteiger partial charge in [-0.25, -0.2) is 0 Å². The molecule has 7 heteroatoms. The molecule has 3 fully saturated rings. The Morgan fingerprint density at radius 3 is 2.37 bits per heavy atom. The van der Waals surface area contributed by atoms with E-state index in [9.17, 15) is 14.7 Å². The van der Waals surface area contributed by atoms with E-state index in [1.165, 1.54) is 11.3 Å². The van der Waals surface area contributed by atoms with Crippen LogP contribution >= 0.6 is 11.3 Å². The maximum atomic E-state index is 12.3. The molecule has 4 rings (SSSR count). The Labute approximate surface area is 166 Å². The van der Waals surface area contributed by atoms with Gasteiger partial charge in [-0.15, -0.1) is 11.3 Å². The van der Waals surface area contributed by atoms with Crippen molar-refractivity contribution in [1.29, 1.82) is 0 Å². The molecule has 2 saturated heterocycles. The van der Waals surface area contributed by atoms with Gasteiger partial charge in [0.05, 0.1) is 11.7 Å². The maximum Gasteiger partial charge on any atom is 0.265 e. The molecule has 0 radical (unpaired) electrons. The maximum absolute atomic E-state index is 12.3. The van der Waals surface area contributed by atoms with Gasteiger partial charge in [0.25, 0.3) is 5.91 Å². The van der Waals surface area contributed by atoms with E-state index < -0.39 is 0 Å². The largest absolute Gasteiger partial charge is 0.396 e. The van der Waals surface area contributed by atoms with Crippen molar-refractivity contribution in [3.63, 3.8) is 0 Å². The van der Waals surface area contributed by atoms with Crippen LogP contribution < -0.4 is 0 Å². The number of likely N-dealkylation sites (tertiary alicyclic amines) is 2. The highest BCUT2D eigenvalue weighted by atomic mass is 32.1. The van der Waals surface area contributed by atoms with Gasteiger partial charge in [0, 0.05) is 50.0 Å². The molecule has 1 N–H and O–H groups in total. The number of nitrogens with zero attached hydrogens (tertiary/aromatic N) is 3. The van der Waals surface area contributed by atoms with Gasteiger partial charge in [0.2, 0.25) is 0 Å². The number of rotatable bonds is 3. The van der Waals surface area contributed by atoms with Gasteiger partial charge in [0.1, 0.15) is 11.2 Å². The molecule has 152 valence electrons. The molecule has 0 aromatic carbocycles. The van der Waals surface area contributed by atoms with Crippen molar-refractivity contribution < 1.29 is 14.7 Å². The van der Waals surface area contributed by atoms with Crippen LogP contribution in [0, 0.1) is 22.7 Å². The van der Waals surface area contributed by atoms with Crippen LogP contribution in [0.15, 0.2) is 11.7 Å². The lowest BCUT2D eigenvalue weighted by atomic mass is 9.72. The molecule has 3 aliphatic rings. The third-order valence-corrected chi connectivity index (χ3v) is 6.65. The molecular weight excluding hydrogens is 362 g/mol. The number of thiazole rings is 1. The van der Waals surface area contributed by atoms with Gasteiger partial charge >= 0.3 is 0 Å². The smallest absolute Gasteiger partial charge is 0.265 e. The van der Waals surface area contributed by atoms with Crippen LogP contribution in [0.4, 0.5) is 0 Å². The normalized spacial score (nSPS) is 27.0. The molecule has 1 amide bonds. The minimum atomic E-state index is 0.0578. The third kappa shape index (κ3) is 4.76.